The van der Waals surface area contributed by atoms with Crippen molar-refractivity contribution in [2.24, 2.45) is 0 Å². The number of fused-ring (bicyclic) bond motifs is 1. The van der Waals surface area contributed by atoms with Gasteiger partial charge < -0.3 is 10.3 Å². The van der Waals surface area contributed by atoms with E-state index in [1.807, 2.05) is 12.1 Å². The molecule has 0 atom stereocenters. The number of benzene rings is 1. The number of hydrogen-bond donors (Lipinski definition) is 2. The topological polar surface area (TPSA) is 70.7 Å². The number of hydrogen-bond acceptors (Lipinski definition) is 4. The smallest absolute Gasteiger partial charge is 0.272 e. The number of aromatic amines is 1. The summed E-state index contributed by atoms with van der Waals surface area (Å²) in [7, 11) is 0. The summed E-state index contributed by atoms with van der Waals surface area (Å²) >= 11 is 4.41. The van der Waals surface area contributed by atoms with E-state index < -0.39 is 0 Å². The molecular weight excluding hydrogens is 316 g/mol. The summed E-state index contributed by atoms with van der Waals surface area (Å²) in [6.45, 7) is 0. The Labute approximate surface area is 115 Å². The van der Waals surface area contributed by atoms with Gasteiger partial charge in [-0.2, -0.15) is 8.75 Å². The SMILES string of the molecule is O=C(Nc1cccc2nsnc12)c1cc(Br)c[nH]1. The summed E-state index contributed by atoms with van der Waals surface area (Å²) in [6, 6.07) is 7.22. The van der Waals surface area contributed by atoms with E-state index in [1.165, 1.54) is 0 Å². The van der Waals surface area contributed by atoms with E-state index in [0.29, 0.717) is 16.9 Å². The summed E-state index contributed by atoms with van der Waals surface area (Å²) in [5, 5.41) is 2.81. The Morgan fingerprint density at radius 3 is 3.06 bits per heavy atom. The van der Waals surface area contributed by atoms with Crippen LogP contribution in [0.15, 0.2) is 34.9 Å². The van der Waals surface area contributed by atoms with Gasteiger partial charge in [0, 0.05) is 10.7 Å². The van der Waals surface area contributed by atoms with Crippen molar-refractivity contribution in [3.8, 4) is 0 Å². The molecule has 0 unspecified atom stereocenters. The Balaban J connectivity index is 1.92. The maximum absolute atomic E-state index is 12.0. The van der Waals surface area contributed by atoms with Gasteiger partial charge >= 0.3 is 0 Å². The van der Waals surface area contributed by atoms with E-state index >= 15 is 0 Å². The standard InChI is InChI=1S/C11H7BrN4OS/c12-6-4-9(13-5-6)11(17)14-7-2-1-3-8-10(7)16-18-15-8/h1-5,13H,(H,14,17). The summed E-state index contributed by atoms with van der Waals surface area (Å²) in [4.78, 5) is 14.9. The Morgan fingerprint density at radius 2 is 2.28 bits per heavy atom. The summed E-state index contributed by atoms with van der Waals surface area (Å²) in [5.41, 5.74) is 2.64. The first kappa shape index (κ1) is 11.4. The lowest BCUT2D eigenvalue weighted by Crippen LogP contribution is -2.12. The summed E-state index contributed by atoms with van der Waals surface area (Å²) in [5.74, 6) is -0.207. The summed E-state index contributed by atoms with van der Waals surface area (Å²) in [6.07, 6.45) is 1.71. The number of carbonyl (C=O) groups excluding carboxylic acids is 1. The van der Waals surface area contributed by atoms with Gasteiger partial charge in [0.25, 0.3) is 5.91 Å². The van der Waals surface area contributed by atoms with E-state index in [0.717, 1.165) is 21.7 Å². The van der Waals surface area contributed by atoms with Gasteiger partial charge in [-0.25, -0.2) is 0 Å². The number of nitrogens with zero attached hydrogens (tertiary/aromatic N) is 2. The molecular formula is C11H7BrN4OS. The maximum Gasteiger partial charge on any atom is 0.272 e. The molecule has 0 aliphatic carbocycles. The van der Waals surface area contributed by atoms with E-state index in [1.54, 1.807) is 18.3 Å². The predicted molar refractivity (Wildman–Crippen MR) is 73.9 cm³/mol. The van der Waals surface area contributed by atoms with Crippen molar-refractivity contribution in [2.75, 3.05) is 5.32 Å². The molecule has 0 radical (unpaired) electrons. The molecule has 18 heavy (non-hydrogen) atoms. The van der Waals surface area contributed by atoms with Crippen LogP contribution < -0.4 is 5.32 Å². The number of H-pyrrole nitrogens is 1. The molecule has 2 aromatic heterocycles. The lowest BCUT2D eigenvalue weighted by Gasteiger charge is -2.03. The van der Waals surface area contributed by atoms with Gasteiger partial charge in [0.05, 0.1) is 17.4 Å². The van der Waals surface area contributed by atoms with Crippen LogP contribution in [0, 0.1) is 0 Å². The normalized spacial score (nSPS) is 10.7. The first-order chi connectivity index (χ1) is 8.74. The number of carbonyl (C=O) groups is 1. The van der Waals surface area contributed by atoms with Crippen LogP contribution in [0.2, 0.25) is 0 Å². The molecule has 5 nitrogen and oxygen atoms in total. The Morgan fingerprint density at radius 1 is 1.39 bits per heavy atom. The second kappa shape index (κ2) is 4.51. The van der Waals surface area contributed by atoms with Gasteiger partial charge in [0.15, 0.2) is 0 Å². The monoisotopic (exact) mass is 322 g/mol. The average molecular weight is 323 g/mol. The fraction of sp³-hybridized carbons (Fsp3) is 0. The molecule has 0 aliphatic heterocycles. The largest absolute Gasteiger partial charge is 0.356 e. The number of anilines is 1. The first-order valence-electron chi connectivity index (χ1n) is 5.10. The molecule has 0 bridgehead atoms. The van der Waals surface area contributed by atoms with E-state index in [-0.39, 0.29) is 5.91 Å². The van der Waals surface area contributed by atoms with Crippen molar-refractivity contribution >= 4 is 50.3 Å². The number of nitrogens with one attached hydrogen (secondary N) is 2. The molecule has 3 rings (SSSR count). The number of rotatable bonds is 2. The van der Waals surface area contributed by atoms with Crippen molar-refractivity contribution in [2.45, 2.75) is 0 Å². The third-order valence-electron chi connectivity index (χ3n) is 2.43. The second-order valence-electron chi connectivity index (χ2n) is 3.62. The molecule has 0 spiro atoms. The highest BCUT2D eigenvalue weighted by molar-refractivity contribution is 9.10. The predicted octanol–water partition coefficient (Wildman–Crippen LogP) is 3.03. The van der Waals surface area contributed by atoms with Crippen molar-refractivity contribution in [1.29, 1.82) is 0 Å². The van der Waals surface area contributed by atoms with Crippen LogP contribution in [0.25, 0.3) is 11.0 Å². The fourth-order valence-corrected chi connectivity index (χ4v) is 2.49. The number of aromatic nitrogens is 3. The lowest BCUT2D eigenvalue weighted by atomic mass is 10.2. The number of halogens is 1. The maximum atomic E-state index is 12.0. The van der Waals surface area contributed by atoms with Crippen molar-refractivity contribution in [1.82, 2.24) is 13.7 Å². The molecule has 1 aromatic carbocycles. The Kier molecular flexibility index (Phi) is 2.85. The summed E-state index contributed by atoms with van der Waals surface area (Å²) < 4.78 is 9.13. The van der Waals surface area contributed by atoms with E-state index in [2.05, 4.69) is 35.0 Å². The molecule has 7 heteroatoms. The van der Waals surface area contributed by atoms with Crippen LogP contribution in [-0.2, 0) is 0 Å². The van der Waals surface area contributed by atoms with Crippen LogP contribution in [0.3, 0.4) is 0 Å². The lowest BCUT2D eigenvalue weighted by molar-refractivity contribution is 0.102. The van der Waals surface area contributed by atoms with Crippen LogP contribution in [0.5, 0.6) is 0 Å². The zero-order valence-corrected chi connectivity index (χ0v) is 11.4. The van der Waals surface area contributed by atoms with Crippen LogP contribution in [0.1, 0.15) is 10.5 Å². The zero-order valence-electron chi connectivity index (χ0n) is 8.98. The number of amides is 1. The van der Waals surface area contributed by atoms with E-state index in [9.17, 15) is 4.79 Å². The van der Waals surface area contributed by atoms with Gasteiger partial charge in [-0.1, -0.05) is 6.07 Å². The molecule has 0 aliphatic rings. The minimum atomic E-state index is -0.207. The van der Waals surface area contributed by atoms with Gasteiger partial charge in [-0.3, -0.25) is 4.79 Å². The van der Waals surface area contributed by atoms with Crippen molar-refractivity contribution < 1.29 is 4.79 Å². The van der Waals surface area contributed by atoms with Crippen molar-refractivity contribution in [3.05, 3.63) is 40.6 Å². The highest BCUT2D eigenvalue weighted by Crippen LogP contribution is 2.22. The van der Waals surface area contributed by atoms with Gasteiger partial charge in [0.1, 0.15) is 16.7 Å². The van der Waals surface area contributed by atoms with Gasteiger partial charge in [-0.15, -0.1) is 0 Å². The third-order valence-corrected chi connectivity index (χ3v) is 3.43. The highest BCUT2D eigenvalue weighted by atomic mass is 79.9. The first-order valence-corrected chi connectivity index (χ1v) is 6.63. The third kappa shape index (κ3) is 2.02. The molecule has 0 saturated carbocycles. The second-order valence-corrected chi connectivity index (χ2v) is 5.07. The molecule has 90 valence electrons. The average Bonchev–Trinajstić information content (AvgIpc) is 2.97. The van der Waals surface area contributed by atoms with Crippen LogP contribution in [-0.4, -0.2) is 19.6 Å². The van der Waals surface area contributed by atoms with Gasteiger partial charge in [-0.05, 0) is 34.1 Å². The minimum Gasteiger partial charge on any atom is -0.356 e. The molecule has 0 saturated heterocycles. The molecule has 3 aromatic rings. The molecule has 2 N–H and O–H groups in total. The fourth-order valence-electron chi connectivity index (χ4n) is 1.60. The molecule has 1 amide bonds. The van der Waals surface area contributed by atoms with Crippen LogP contribution >= 0.6 is 27.7 Å². The highest BCUT2D eigenvalue weighted by Gasteiger charge is 2.11. The zero-order chi connectivity index (χ0) is 12.5. The van der Waals surface area contributed by atoms with Gasteiger partial charge in [0.2, 0.25) is 0 Å². The quantitative estimate of drug-likeness (QED) is 0.761. The van der Waals surface area contributed by atoms with Crippen LogP contribution in [0.4, 0.5) is 5.69 Å². The van der Waals surface area contributed by atoms with Crippen molar-refractivity contribution in [3.63, 3.8) is 0 Å². The Hall–Kier alpha value is -1.73. The molecule has 2 heterocycles. The Bertz CT molecular complexity index is 720. The van der Waals surface area contributed by atoms with E-state index in [4.69, 9.17) is 0 Å². The minimum absolute atomic E-state index is 0.207. The molecule has 0 fully saturated rings.